The van der Waals surface area contributed by atoms with E-state index < -0.39 is 11.7 Å². The van der Waals surface area contributed by atoms with Crippen LogP contribution in [0.2, 0.25) is 0 Å². The van der Waals surface area contributed by atoms with Gasteiger partial charge in [0.2, 0.25) is 5.91 Å². The summed E-state index contributed by atoms with van der Waals surface area (Å²) in [5.41, 5.74) is 0.481. The van der Waals surface area contributed by atoms with Gasteiger partial charge in [0.25, 0.3) is 0 Å². The minimum Gasteiger partial charge on any atom is -0.508 e. The number of benzene rings is 2. The first-order valence-corrected chi connectivity index (χ1v) is 8.55. The maximum atomic E-state index is 12.9. The molecule has 0 aliphatic carbocycles. The first-order chi connectivity index (χ1) is 12.8. The molecule has 1 saturated heterocycles. The van der Waals surface area contributed by atoms with Crippen LogP contribution in [0.4, 0.5) is 24.5 Å². The molecule has 2 aromatic carbocycles. The van der Waals surface area contributed by atoms with Gasteiger partial charge in [-0.25, -0.2) is 0 Å². The summed E-state index contributed by atoms with van der Waals surface area (Å²) in [5, 5.41) is 12.0. The molecule has 2 aromatic rings. The number of phenolic OH excluding ortho intramolecular Hbond substituents is 1. The number of carbonyl (C=O) groups is 1. The molecule has 27 heavy (non-hydrogen) atoms. The molecule has 0 atom stereocenters. The highest BCUT2D eigenvalue weighted by atomic mass is 19.4. The predicted molar refractivity (Wildman–Crippen MR) is 96.8 cm³/mol. The molecular formula is C19H20F3N3O2. The molecule has 0 unspecified atom stereocenters. The number of alkyl halides is 3. The van der Waals surface area contributed by atoms with E-state index in [1.54, 1.807) is 18.2 Å². The van der Waals surface area contributed by atoms with Crippen molar-refractivity contribution < 1.29 is 23.1 Å². The lowest BCUT2D eigenvalue weighted by Crippen LogP contribution is -2.48. The van der Waals surface area contributed by atoms with Crippen molar-refractivity contribution in [2.75, 3.05) is 42.9 Å². The highest BCUT2D eigenvalue weighted by Gasteiger charge is 2.31. The second-order valence-electron chi connectivity index (χ2n) is 6.41. The Labute approximate surface area is 155 Å². The molecule has 8 heteroatoms. The number of halogens is 3. The summed E-state index contributed by atoms with van der Waals surface area (Å²) in [6.07, 6.45) is -4.36. The molecule has 1 aliphatic rings. The minimum atomic E-state index is -4.36. The van der Waals surface area contributed by atoms with Crippen LogP contribution in [0, 0.1) is 0 Å². The van der Waals surface area contributed by atoms with Gasteiger partial charge in [-0.3, -0.25) is 9.69 Å². The lowest BCUT2D eigenvalue weighted by Gasteiger charge is -2.36. The first-order valence-electron chi connectivity index (χ1n) is 8.55. The van der Waals surface area contributed by atoms with Gasteiger partial charge in [0.15, 0.2) is 0 Å². The van der Waals surface area contributed by atoms with Crippen LogP contribution in [-0.2, 0) is 11.0 Å². The fourth-order valence-corrected chi connectivity index (χ4v) is 2.99. The van der Waals surface area contributed by atoms with E-state index in [-0.39, 0.29) is 18.2 Å². The lowest BCUT2D eigenvalue weighted by atomic mass is 10.1. The van der Waals surface area contributed by atoms with Crippen LogP contribution in [0.1, 0.15) is 5.56 Å². The topological polar surface area (TPSA) is 55.8 Å². The normalized spacial score (nSPS) is 15.6. The van der Waals surface area contributed by atoms with E-state index in [0.29, 0.717) is 37.6 Å². The Morgan fingerprint density at radius 2 is 1.70 bits per heavy atom. The van der Waals surface area contributed by atoms with E-state index in [4.69, 9.17) is 0 Å². The highest BCUT2D eigenvalue weighted by molar-refractivity contribution is 5.92. The summed E-state index contributed by atoms with van der Waals surface area (Å²) >= 11 is 0. The summed E-state index contributed by atoms with van der Waals surface area (Å²) in [7, 11) is 0. The zero-order valence-electron chi connectivity index (χ0n) is 14.5. The second kappa shape index (κ2) is 7.87. The van der Waals surface area contributed by atoms with E-state index in [9.17, 15) is 23.1 Å². The van der Waals surface area contributed by atoms with Crippen LogP contribution in [0.25, 0.3) is 0 Å². The molecular weight excluding hydrogens is 359 g/mol. The zero-order chi connectivity index (χ0) is 19.4. The Morgan fingerprint density at radius 3 is 2.33 bits per heavy atom. The first kappa shape index (κ1) is 19.0. The quantitative estimate of drug-likeness (QED) is 0.802. The van der Waals surface area contributed by atoms with Crippen molar-refractivity contribution in [1.82, 2.24) is 4.90 Å². The number of hydrogen-bond donors (Lipinski definition) is 2. The molecule has 0 saturated carbocycles. The average Bonchev–Trinajstić information content (AvgIpc) is 2.64. The fourth-order valence-electron chi connectivity index (χ4n) is 2.99. The van der Waals surface area contributed by atoms with Gasteiger partial charge in [-0.05, 0) is 42.5 Å². The van der Waals surface area contributed by atoms with Gasteiger partial charge in [0, 0.05) is 37.6 Å². The number of aromatic hydroxyl groups is 1. The van der Waals surface area contributed by atoms with E-state index in [2.05, 4.69) is 5.32 Å². The van der Waals surface area contributed by atoms with Crippen molar-refractivity contribution in [3.63, 3.8) is 0 Å². The van der Waals surface area contributed by atoms with Crippen molar-refractivity contribution in [1.29, 1.82) is 0 Å². The number of amides is 1. The summed E-state index contributed by atoms with van der Waals surface area (Å²) < 4.78 is 38.6. The largest absolute Gasteiger partial charge is 0.508 e. The third kappa shape index (κ3) is 5.13. The molecule has 2 N–H and O–H groups in total. The standard InChI is InChI=1S/C19H20F3N3O2/c20-19(21,22)14-2-1-3-16(12-14)25-10-8-24(9-11-25)13-18(27)23-15-4-6-17(26)7-5-15/h1-7,12,26H,8-11,13H2,(H,23,27). The zero-order valence-corrected chi connectivity index (χ0v) is 14.5. The van der Waals surface area contributed by atoms with Gasteiger partial charge in [-0.2, -0.15) is 13.2 Å². The molecule has 1 amide bonds. The van der Waals surface area contributed by atoms with E-state index in [1.165, 1.54) is 18.2 Å². The minimum absolute atomic E-state index is 0.124. The monoisotopic (exact) mass is 379 g/mol. The number of nitrogens with zero attached hydrogens (tertiary/aromatic N) is 2. The van der Waals surface area contributed by atoms with Gasteiger partial charge in [0.05, 0.1) is 12.1 Å². The Kier molecular flexibility index (Phi) is 5.55. The number of hydrogen-bond acceptors (Lipinski definition) is 4. The van der Waals surface area contributed by atoms with E-state index in [0.717, 1.165) is 12.1 Å². The fraction of sp³-hybridized carbons (Fsp3) is 0.316. The van der Waals surface area contributed by atoms with Crippen LogP contribution >= 0.6 is 0 Å². The molecule has 1 heterocycles. The molecule has 1 aliphatic heterocycles. The second-order valence-corrected chi connectivity index (χ2v) is 6.41. The van der Waals surface area contributed by atoms with Crippen LogP contribution in [0.5, 0.6) is 5.75 Å². The van der Waals surface area contributed by atoms with E-state index >= 15 is 0 Å². The van der Waals surface area contributed by atoms with Gasteiger partial charge < -0.3 is 15.3 Å². The maximum absolute atomic E-state index is 12.9. The third-order valence-corrected chi connectivity index (χ3v) is 4.43. The van der Waals surface area contributed by atoms with Crippen LogP contribution in [0.15, 0.2) is 48.5 Å². The maximum Gasteiger partial charge on any atom is 0.416 e. The number of phenols is 1. The van der Waals surface area contributed by atoms with Gasteiger partial charge >= 0.3 is 6.18 Å². The van der Waals surface area contributed by atoms with Crippen molar-refractivity contribution in [2.24, 2.45) is 0 Å². The van der Waals surface area contributed by atoms with Crippen LogP contribution in [-0.4, -0.2) is 48.6 Å². The molecule has 0 bridgehead atoms. The summed E-state index contributed by atoms with van der Waals surface area (Å²) in [5.74, 6) is -0.0491. The van der Waals surface area contributed by atoms with Gasteiger partial charge in [0.1, 0.15) is 5.75 Å². The SMILES string of the molecule is O=C(CN1CCN(c2cccc(C(F)(F)F)c2)CC1)Nc1ccc(O)cc1. The number of anilines is 2. The molecule has 5 nitrogen and oxygen atoms in total. The molecule has 144 valence electrons. The Hall–Kier alpha value is -2.74. The average molecular weight is 379 g/mol. The van der Waals surface area contributed by atoms with Crippen molar-refractivity contribution in [2.45, 2.75) is 6.18 Å². The molecule has 0 spiro atoms. The summed E-state index contributed by atoms with van der Waals surface area (Å²) in [6, 6.07) is 11.5. The number of carbonyl (C=O) groups excluding carboxylic acids is 1. The smallest absolute Gasteiger partial charge is 0.416 e. The highest BCUT2D eigenvalue weighted by Crippen LogP contribution is 2.31. The molecule has 3 rings (SSSR count). The number of rotatable bonds is 4. The molecule has 0 aromatic heterocycles. The Morgan fingerprint density at radius 1 is 1.04 bits per heavy atom. The van der Waals surface area contributed by atoms with Gasteiger partial charge in [-0.1, -0.05) is 6.07 Å². The lowest BCUT2D eigenvalue weighted by molar-refractivity contribution is -0.137. The molecule has 1 fully saturated rings. The Balaban J connectivity index is 1.51. The number of piperazine rings is 1. The predicted octanol–water partition coefficient (Wildman–Crippen LogP) is 3.17. The van der Waals surface area contributed by atoms with Gasteiger partial charge in [-0.15, -0.1) is 0 Å². The number of nitrogens with one attached hydrogen (secondary N) is 1. The van der Waals surface area contributed by atoms with Crippen molar-refractivity contribution >= 4 is 17.3 Å². The van der Waals surface area contributed by atoms with E-state index in [1.807, 2.05) is 9.80 Å². The van der Waals surface area contributed by atoms with Crippen LogP contribution in [0.3, 0.4) is 0 Å². The molecule has 0 radical (unpaired) electrons. The summed E-state index contributed by atoms with van der Waals surface area (Å²) in [4.78, 5) is 16.0. The summed E-state index contributed by atoms with van der Waals surface area (Å²) in [6.45, 7) is 2.47. The van der Waals surface area contributed by atoms with Crippen molar-refractivity contribution in [3.8, 4) is 5.75 Å². The third-order valence-electron chi connectivity index (χ3n) is 4.43. The van der Waals surface area contributed by atoms with Crippen molar-refractivity contribution in [3.05, 3.63) is 54.1 Å². The Bertz CT molecular complexity index is 786. The van der Waals surface area contributed by atoms with Crippen LogP contribution < -0.4 is 10.2 Å².